The fourth-order valence-corrected chi connectivity index (χ4v) is 5.42. The molecule has 0 spiro atoms. The predicted molar refractivity (Wildman–Crippen MR) is 135 cm³/mol. The quantitative estimate of drug-likeness (QED) is 0.461. The van der Waals surface area contributed by atoms with E-state index >= 15 is 0 Å². The third kappa shape index (κ3) is 5.21. The third-order valence-electron chi connectivity index (χ3n) is 5.73. The lowest BCUT2D eigenvalue weighted by molar-refractivity contribution is -0.122. The van der Waals surface area contributed by atoms with Gasteiger partial charge in [-0.1, -0.05) is 54.8 Å². The number of hydrogen-bond acceptors (Lipinski definition) is 4. The number of rotatable bonds is 7. The van der Waals surface area contributed by atoms with Crippen LogP contribution < -0.4 is 14.4 Å². The zero-order valence-electron chi connectivity index (χ0n) is 19.1. The van der Waals surface area contributed by atoms with Crippen LogP contribution in [0.2, 0.25) is 5.02 Å². The fourth-order valence-electron chi connectivity index (χ4n) is 3.78. The number of aryl methyl sites for hydroxylation is 2. The highest BCUT2D eigenvalue weighted by molar-refractivity contribution is 7.92. The third-order valence-corrected chi connectivity index (χ3v) is 7.76. The van der Waals surface area contributed by atoms with Gasteiger partial charge in [-0.15, -0.1) is 0 Å². The number of nitrogens with one attached hydrogen (secondary N) is 1. The van der Waals surface area contributed by atoms with Crippen LogP contribution in [0.1, 0.15) is 30.9 Å². The van der Waals surface area contributed by atoms with Gasteiger partial charge < -0.3 is 10.1 Å². The lowest BCUT2D eigenvalue weighted by Crippen LogP contribution is -2.48. The van der Waals surface area contributed by atoms with Crippen molar-refractivity contribution in [3.8, 4) is 5.75 Å². The second-order valence-electron chi connectivity index (χ2n) is 8.36. The summed E-state index contributed by atoms with van der Waals surface area (Å²) in [5.41, 5.74) is 3.08. The molecular formula is C26H27ClN2O4S. The van der Waals surface area contributed by atoms with Crippen LogP contribution in [0.25, 0.3) is 0 Å². The first-order chi connectivity index (χ1) is 16.3. The largest absolute Gasteiger partial charge is 0.476 e. The van der Waals surface area contributed by atoms with Crippen molar-refractivity contribution < 1.29 is 17.9 Å². The van der Waals surface area contributed by atoms with Crippen molar-refractivity contribution in [1.82, 2.24) is 0 Å². The van der Waals surface area contributed by atoms with Crippen molar-refractivity contribution in [1.29, 1.82) is 0 Å². The van der Waals surface area contributed by atoms with Gasteiger partial charge in [0.05, 0.1) is 17.1 Å². The van der Waals surface area contributed by atoms with Gasteiger partial charge in [0, 0.05) is 10.7 Å². The summed E-state index contributed by atoms with van der Waals surface area (Å²) in [6.07, 6.45) is 2.18. The van der Waals surface area contributed by atoms with Crippen molar-refractivity contribution in [2.45, 2.75) is 44.1 Å². The number of sulfonamides is 1. The van der Waals surface area contributed by atoms with Crippen LogP contribution in [0, 0.1) is 6.92 Å². The number of unbranched alkanes of at least 4 members (excludes halogenated alkanes) is 1. The molecule has 0 saturated heterocycles. The molecule has 1 heterocycles. The number of nitrogens with zero attached hydrogens (tertiary/aromatic N) is 1. The van der Waals surface area contributed by atoms with Gasteiger partial charge in [0.25, 0.3) is 15.9 Å². The fraction of sp³-hybridized carbons (Fsp3) is 0.269. The normalized spacial score (nSPS) is 15.4. The van der Waals surface area contributed by atoms with Crippen molar-refractivity contribution in [2.75, 3.05) is 16.2 Å². The summed E-state index contributed by atoms with van der Waals surface area (Å²) in [5.74, 6) is -0.146. The van der Waals surface area contributed by atoms with E-state index in [1.54, 1.807) is 36.4 Å². The van der Waals surface area contributed by atoms with E-state index in [4.69, 9.17) is 16.3 Å². The number of carbonyl (C=O) groups is 1. The number of carbonyl (C=O) groups excluding carboxylic acids is 1. The maximum atomic E-state index is 13.5. The molecule has 8 heteroatoms. The second kappa shape index (κ2) is 10.1. The number of ether oxygens (including phenoxy) is 1. The number of halogens is 1. The molecule has 1 atom stereocenters. The van der Waals surface area contributed by atoms with Crippen LogP contribution in [0.5, 0.6) is 5.75 Å². The monoisotopic (exact) mass is 498 g/mol. The van der Waals surface area contributed by atoms with Crippen LogP contribution in [-0.4, -0.2) is 27.0 Å². The first-order valence-electron chi connectivity index (χ1n) is 11.2. The first kappa shape index (κ1) is 24.1. The average Bonchev–Trinajstić information content (AvgIpc) is 2.83. The van der Waals surface area contributed by atoms with Crippen LogP contribution in [-0.2, 0) is 21.2 Å². The smallest absolute Gasteiger partial charge is 0.267 e. The van der Waals surface area contributed by atoms with Crippen LogP contribution in [0.4, 0.5) is 11.4 Å². The van der Waals surface area contributed by atoms with E-state index in [9.17, 15) is 13.2 Å². The molecule has 1 amide bonds. The maximum Gasteiger partial charge on any atom is 0.267 e. The van der Waals surface area contributed by atoms with Gasteiger partial charge >= 0.3 is 0 Å². The Morgan fingerprint density at radius 1 is 1.09 bits per heavy atom. The molecule has 1 N–H and O–H groups in total. The van der Waals surface area contributed by atoms with E-state index in [0.29, 0.717) is 16.4 Å². The van der Waals surface area contributed by atoms with Gasteiger partial charge in [-0.25, -0.2) is 8.42 Å². The molecule has 0 fully saturated rings. The molecule has 1 aliphatic heterocycles. The van der Waals surface area contributed by atoms with Crippen LogP contribution in [0.3, 0.4) is 0 Å². The predicted octanol–water partition coefficient (Wildman–Crippen LogP) is 5.59. The summed E-state index contributed by atoms with van der Waals surface area (Å²) in [4.78, 5) is 13.2. The Hall–Kier alpha value is -3.03. The Labute approximate surface area is 205 Å². The SMILES string of the molecule is CCCCc1ccc(NC(=O)[C@H]2CN(S(=O)(=O)c3ccc(C)cc3)c3cc(Cl)ccc3O2)cc1. The van der Waals surface area contributed by atoms with Crippen molar-refractivity contribution >= 4 is 38.9 Å². The minimum Gasteiger partial charge on any atom is -0.476 e. The number of amides is 1. The summed E-state index contributed by atoms with van der Waals surface area (Å²) in [5, 5.41) is 3.22. The summed E-state index contributed by atoms with van der Waals surface area (Å²) in [6.45, 7) is 3.86. The lowest BCUT2D eigenvalue weighted by atomic mass is 10.1. The van der Waals surface area contributed by atoms with Crippen LogP contribution >= 0.6 is 11.6 Å². The molecule has 4 rings (SSSR count). The van der Waals surface area contributed by atoms with E-state index in [1.165, 1.54) is 15.9 Å². The molecule has 0 aliphatic carbocycles. The molecule has 6 nitrogen and oxygen atoms in total. The maximum absolute atomic E-state index is 13.5. The highest BCUT2D eigenvalue weighted by Crippen LogP contribution is 2.39. The van der Waals surface area contributed by atoms with E-state index < -0.39 is 22.0 Å². The average molecular weight is 499 g/mol. The highest BCUT2D eigenvalue weighted by Gasteiger charge is 2.37. The lowest BCUT2D eigenvalue weighted by Gasteiger charge is -2.35. The molecule has 3 aromatic carbocycles. The van der Waals surface area contributed by atoms with Gasteiger partial charge in [0.1, 0.15) is 5.75 Å². The summed E-state index contributed by atoms with van der Waals surface area (Å²) >= 11 is 6.15. The molecule has 0 bridgehead atoms. The van der Waals surface area contributed by atoms with Gasteiger partial charge in [0.15, 0.2) is 6.10 Å². The molecule has 34 heavy (non-hydrogen) atoms. The molecule has 1 aliphatic rings. The van der Waals surface area contributed by atoms with E-state index in [0.717, 1.165) is 24.8 Å². The Bertz CT molecular complexity index is 1280. The van der Waals surface area contributed by atoms with E-state index in [1.807, 2.05) is 31.2 Å². The molecule has 178 valence electrons. The van der Waals surface area contributed by atoms with Gasteiger partial charge in [-0.2, -0.15) is 0 Å². The Morgan fingerprint density at radius 2 is 1.79 bits per heavy atom. The molecule has 0 radical (unpaired) electrons. The van der Waals surface area contributed by atoms with Crippen molar-refractivity contribution in [3.05, 3.63) is 82.9 Å². The van der Waals surface area contributed by atoms with Gasteiger partial charge in [-0.05, 0) is 67.8 Å². The topological polar surface area (TPSA) is 75.7 Å². The van der Waals surface area contributed by atoms with E-state index in [2.05, 4.69) is 12.2 Å². The molecule has 3 aromatic rings. The first-order valence-corrected chi connectivity index (χ1v) is 13.0. The van der Waals surface area contributed by atoms with Crippen molar-refractivity contribution in [2.24, 2.45) is 0 Å². The van der Waals surface area contributed by atoms with E-state index in [-0.39, 0.29) is 17.2 Å². The standard InChI is InChI=1S/C26H27ClN2O4S/c1-3-4-5-19-8-11-21(12-9-19)28-26(30)25-17-29(23-16-20(27)10-15-24(23)33-25)34(31,32)22-13-6-18(2)7-14-22/h6-16,25H,3-5,17H2,1-2H3,(H,28,30)/t25-/m1/s1. The zero-order chi connectivity index (χ0) is 24.3. The van der Waals surface area contributed by atoms with Gasteiger partial charge in [0.2, 0.25) is 0 Å². The Morgan fingerprint density at radius 3 is 2.47 bits per heavy atom. The number of benzene rings is 3. The number of fused-ring (bicyclic) bond motifs is 1. The molecule has 0 saturated carbocycles. The minimum absolute atomic E-state index is 0.132. The summed E-state index contributed by atoms with van der Waals surface area (Å²) in [6, 6.07) is 19.0. The molecular weight excluding hydrogens is 472 g/mol. The highest BCUT2D eigenvalue weighted by atomic mass is 35.5. The Kier molecular flexibility index (Phi) is 7.14. The second-order valence-corrected chi connectivity index (χ2v) is 10.7. The summed E-state index contributed by atoms with van der Waals surface area (Å²) in [7, 11) is -3.95. The summed E-state index contributed by atoms with van der Waals surface area (Å²) < 4.78 is 34.1. The van der Waals surface area contributed by atoms with Gasteiger partial charge in [-0.3, -0.25) is 9.10 Å². The molecule has 0 aromatic heterocycles. The minimum atomic E-state index is -3.95. The van der Waals surface area contributed by atoms with Crippen LogP contribution in [0.15, 0.2) is 71.6 Å². The number of anilines is 2. The molecule has 0 unspecified atom stereocenters. The zero-order valence-corrected chi connectivity index (χ0v) is 20.7. The number of hydrogen-bond donors (Lipinski definition) is 1. The Balaban J connectivity index is 1.60. The van der Waals surface area contributed by atoms with Crippen molar-refractivity contribution in [3.63, 3.8) is 0 Å².